The predicted octanol–water partition coefficient (Wildman–Crippen LogP) is 5.49. The lowest BCUT2D eigenvalue weighted by Crippen LogP contribution is -2.44. The van der Waals surface area contributed by atoms with Gasteiger partial charge in [0.15, 0.2) is 4.98 Å². The van der Waals surface area contributed by atoms with Crippen LogP contribution in [0.5, 0.6) is 0 Å². The Kier molecular flexibility index (Phi) is 17.6. The third-order valence-electron chi connectivity index (χ3n) is 8.43. The van der Waals surface area contributed by atoms with Gasteiger partial charge in [-0.1, -0.05) is 39.8 Å². The fourth-order valence-corrected chi connectivity index (χ4v) is 4.70. The number of anilines is 1. The number of diazo groups is 1. The van der Waals surface area contributed by atoms with Crippen molar-refractivity contribution < 1.29 is 33.4 Å². The van der Waals surface area contributed by atoms with Crippen LogP contribution < -0.4 is 21.7 Å². The summed E-state index contributed by atoms with van der Waals surface area (Å²) >= 11 is 0. The number of nitrogens with two attached hydrogens (primary N) is 1. The van der Waals surface area contributed by atoms with Crippen molar-refractivity contribution in [2.24, 2.45) is 23.5 Å². The zero-order chi connectivity index (χ0) is 37.2. The Morgan fingerprint density at radius 2 is 1.50 bits per heavy atom. The number of carbonyl (C=O) groups is 5. The van der Waals surface area contributed by atoms with E-state index in [0.29, 0.717) is 23.7 Å². The maximum absolute atomic E-state index is 12.8. The first-order chi connectivity index (χ1) is 23.7. The number of imide groups is 1. The maximum Gasteiger partial charge on any atom is 0.410 e. The molecule has 0 radical (unpaired) electrons. The van der Waals surface area contributed by atoms with Crippen molar-refractivity contribution in [3.8, 4) is 0 Å². The highest BCUT2D eigenvalue weighted by atomic mass is 16.6. The third kappa shape index (κ3) is 14.7. The van der Waals surface area contributed by atoms with Gasteiger partial charge in [0.05, 0.1) is 19.3 Å². The van der Waals surface area contributed by atoms with Crippen LogP contribution in [-0.4, -0.2) is 66.9 Å². The van der Waals surface area contributed by atoms with E-state index >= 15 is 0 Å². The fraction of sp³-hybridized carbons (Fsp3) is 0.528. The van der Waals surface area contributed by atoms with Gasteiger partial charge in [0.2, 0.25) is 17.2 Å². The average molecular weight is 695 g/mol. The Bertz CT molecular complexity index is 1460. The van der Waals surface area contributed by atoms with Crippen LogP contribution in [0.3, 0.4) is 0 Å². The predicted molar refractivity (Wildman–Crippen MR) is 189 cm³/mol. The standard InChI is InChI=1S/C36H51N7O7/c1-23(2)25(5)43(6)36(48)50-22-27-9-13-28(14-10-27)40-34(46)32(37)8-7-18-39-35(47)41-33(45)31(24(3)4)20-30(44)17-19-49-21-26-11-15-29(42-38)16-12-26/h9-16,23-25,31-32H,7-8,17-22,37H2,1-6H3,(H2-,39,40,41,45,46,47)/p+1/t25-,31+,32?/m1/s1. The van der Waals surface area contributed by atoms with Crippen molar-refractivity contribution in [1.82, 2.24) is 15.5 Å². The van der Waals surface area contributed by atoms with Crippen molar-refractivity contribution in [2.75, 3.05) is 25.5 Å². The first-order valence-corrected chi connectivity index (χ1v) is 16.9. The molecule has 0 saturated carbocycles. The minimum absolute atomic E-state index is 0.0254. The molecule has 0 saturated heterocycles. The van der Waals surface area contributed by atoms with Gasteiger partial charge in [-0.05, 0) is 67.0 Å². The minimum atomic E-state index is -0.830. The van der Waals surface area contributed by atoms with Gasteiger partial charge in [0.25, 0.3) is 0 Å². The summed E-state index contributed by atoms with van der Waals surface area (Å²) in [6.45, 7) is 10.4. The maximum atomic E-state index is 12.8. The van der Waals surface area contributed by atoms with Crippen LogP contribution in [0.1, 0.15) is 71.4 Å². The monoisotopic (exact) mass is 694 g/mol. The number of ketones is 1. The number of hydrogen-bond donors (Lipinski definition) is 4. The Balaban J connectivity index is 1.66. The van der Waals surface area contributed by atoms with Crippen molar-refractivity contribution in [3.05, 3.63) is 64.6 Å². The summed E-state index contributed by atoms with van der Waals surface area (Å²) in [4.78, 5) is 67.2. The molecule has 0 fully saturated rings. The van der Waals surface area contributed by atoms with Crippen molar-refractivity contribution in [2.45, 2.75) is 85.6 Å². The van der Waals surface area contributed by atoms with Gasteiger partial charge in [0, 0.05) is 56.2 Å². The number of benzene rings is 2. The molecule has 1 unspecified atom stereocenters. The summed E-state index contributed by atoms with van der Waals surface area (Å²) in [5.41, 5.74) is 8.63. The topological polar surface area (TPSA) is 197 Å². The summed E-state index contributed by atoms with van der Waals surface area (Å²) in [5, 5.41) is 16.4. The number of Topliss-reactive ketones (excluding diaryl/α,β-unsaturated/α-hetero) is 1. The number of amides is 5. The first kappa shape index (κ1) is 41.3. The molecule has 5 N–H and O–H groups in total. The number of carbonyl (C=O) groups excluding carboxylic acids is 5. The first-order valence-electron chi connectivity index (χ1n) is 16.9. The van der Waals surface area contributed by atoms with Crippen molar-refractivity contribution in [3.63, 3.8) is 0 Å². The van der Waals surface area contributed by atoms with E-state index in [4.69, 9.17) is 20.6 Å². The molecular formula is C36H52N7O7+. The molecular weight excluding hydrogens is 642 g/mol. The SMILES string of the molecule is CC(C)[C@H](CC(=O)CCOCc1ccc([N+]#N)cc1)C(=O)NC(=O)NCCCC(N)C(=O)Nc1ccc(COC(=O)N(C)[C@H](C)C(C)C)cc1. The highest BCUT2D eigenvalue weighted by Gasteiger charge is 2.26. The lowest BCUT2D eigenvalue weighted by molar-refractivity contribution is -0.130. The van der Waals surface area contributed by atoms with Crippen LogP contribution in [-0.2, 0) is 37.1 Å². The average Bonchev–Trinajstić information content (AvgIpc) is 3.09. The molecule has 14 heteroatoms. The van der Waals surface area contributed by atoms with E-state index in [0.717, 1.165) is 11.1 Å². The van der Waals surface area contributed by atoms with Gasteiger partial charge in [-0.25, -0.2) is 9.59 Å². The molecule has 272 valence electrons. The molecule has 0 aliphatic rings. The molecule has 0 aliphatic carbocycles. The molecule has 2 aromatic carbocycles. The second-order valence-corrected chi connectivity index (χ2v) is 13.0. The normalized spacial score (nSPS) is 12.7. The number of urea groups is 1. The van der Waals surface area contributed by atoms with Crippen molar-refractivity contribution in [1.29, 1.82) is 5.39 Å². The second-order valence-electron chi connectivity index (χ2n) is 13.0. The Hall–Kier alpha value is -4.87. The van der Waals surface area contributed by atoms with Crippen LogP contribution in [0, 0.1) is 23.1 Å². The summed E-state index contributed by atoms with van der Waals surface area (Å²) in [7, 11) is 1.71. The largest absolute Gasteiger partial charge is 0.445 e. The third-order valence-corrected chi connectivity index (χ3v) is 8.43. The molecule has 0 aliphatic heterocycles. The van der Waals surface area contributed by atoms with E-state index < -0.39 is 35.9 Å². The molecule has 0 aromatic heterocycles. The van der Waals surface area contributed by atoms with Crippen LogP contribution in [0.2, 0.25) is 0 Å². The van der Waals surface area contributed by atoms with E-state index in [9.17, 15) is 24.0 Å². The molecule has 2 aromatic rings. The number of hydrogen-bond acceptors (Lipinski definition) is 9. The number of nitrogens with zero attached hydrogens (tertiary/aromatic N) is 3. The number of nitrogens with one attached hydrogen (secondary N) is 3. The highest BCUT2D eigenvalue weighted by molar-refractivity contribution is 5.97. The number of rotatable bonds is 19. The molecule has 2 rings (SSSR count). The summed E-state index contributed by atoms with van der Waals surface area (Å²) < 4.78 is 10.9. The lowest BCUT2D eigenvalue weighted by atomic mass is 9.89. The number of ether oxygens (including phenoxy) is 2. The van der Waals surface area contributed by atoms with E-state index in [1.807, 2.05) is 20.8 Å². The van der Waals surface area contributed by atoms with E-state index in [1.54, 1.807) is 74.3 Å². The fourth-order valence-electron chi connectivity index (χ4n) is 4.70. The van der Waals surface area contributed by atoms with Gasteiger partial charge in [-0.3, -0.25) is 19.7 Å². The Morgan fingerprint density at radius 3 is 2.10 bits per heavy atom. The second kappa shape index (κ2) is 21.3. The van der Waals surface area contributed by atoms with E-state index in [1.165, 1.54) is 0 Å². The van der Waals surface area contributed by atoms with Gasteiger partial charge >= 0.3 is 17.8 Å². The summed E-state index contributed by atoms with van der Waals surface area (Å²) in [6.07, 6.45) is 0.361. The van der Waals surface area contributed by atoms with Gasteiger partial charge < -0.3 is 30.7 Å². The Labute approximate surface area is 294 Å². The lowest BCUT2D eigenvalue weighted by Gasteiger charge is -2.27. The van der Waals surface area contributed by atoms with Gasteiger partial charge in [-0.2, -0.15) is 0 Å². The van der Waals surface area contributed by atoms with Crippen LogP contribution >= 0.6 is 0 Å². The van der Waals surface area contributed by atoms with Crippen LogP contribution in [0.15, 0.2) is 48.5 Å². The van der Waals surface area contributed by atoms with Crippen molar-refractivity contribution >= 4 is 41.1 Å². The summed E-state index contributed by atoms with van der Waals surface area (Å²) in [6, 6.07) is 12.2. The van der Waals surface area contributed by atoms with Gasteiger partial charge in [0.1, 0.15) is 12.4 Å². The molecule has 3 atom stereocenters. The quantitative estimate of drug-likeness (QED) is 0.108. The zero-order valence-corrected chi connectivity index (χ0v) is 29.9. The van der Waals surface area contributed by atoms with Gasteiger partial charge in [-0.15, -0.1) is 0 Å². The minimum Gasteiger partial charge on any atom is -0.445 e. The van der Waals surface area contributed by atoms with Crippen LogP contribution in [0.4, 0.5) is 21.0 Å². The van der Waals surface area contributed by atoms with Crippen LogP contribution in [0.25, 0.3) is 4.98 Å². The zero-order valence-electron chi connectivity index (χ0n) is 29.9. The molecule has 0 bridgehead atoms. The Morgan fingerprint density at radius 1 is 0.880 bits per heavy atom. The van der Waals surface area contributed by atoms with E-state index in [-0.39, 0.29) is 63.4 Å². The molecule has 0 heterocycles. The molecule has 5 amide bonds. The molecule has 14 nitrogen and oxygen atoms in total. The van der Waals surface area contributed by atoms with E-state index in [2.05, 4.69) is 20.9 Å². The summed E-state index contributed by atoms with van der Waals surface area (Å²) in [5.74, 6) is -1.67. The molecule has 0 spiro atoms. The smallest absolute Gasteiger partial charge is 0.410 e. The molecule has 50 heavy (non-hydrogen) atoms. The highest BCUT2D eigenvalue weighted by Crippen LogP contribution is 2.18.